The Bertz CT molecular complexity index is 540. The normalized spacial score (nSPS) is 13.0. The van der Waals surface area contributed by atoms with Crippen molar-refractivity contribution in [1.29, 1.82) is 0 Å². The number of hydrogen-bond acceptors (Lipinski definition) is 3. The highest BCUT2D eigenvalue weighted by atomic mass is 16.4. The number of benzene rings is 1. The average molecular weight is 274 g/mol. The number of anilines is 1. The Morgan fingerprint density at radius 1 is 1.45 bits per heavy atom. The summed E-state index contributed by atoms with van der Waals surface area (Å²) in [7, 11) is 0. The maximum Gasteiger partial charge on any atom is 0.323 e. The van der Waals surface area contributed by atoms with Crippen molar-refractivity contribution in [3.8, 4) is 0 Å². The molecule has 1 aromatic carbocycles. The maximum atomic E-state index is 12.4. The summed E-state index contributed by atoms with van der Waals surface area (Å²) in [5.74, 6) is -1.31. The molecule has 2 rings (SSSR count). The SMILES string of the molecule is C=CCN(CC(=O)O)C(=O)c1ccc2c(c1)CCCN2. The molecule has 1 aromatic rings. The summed E-state index contributed by atoms with van der Waals surface area (Å²) >= 11 is 0. The largest absolute Gasteiger partial charge is 0.480 e. The number of carbonyl (C=O) groups is 2. The number of carboxylic acids is 1. The van der Waals surface area contributed by atoms with Crippen molar-refractivity contribution in [1.82, 2.24) is 4.90 Å². The van der Waals surface area contributed by atoms with E-state index in [1.54, 1.807) is 6.07 Å². The molecule has 2 N–H and O–H groups in total. The molecular formula is C15H18N2O3. The number of rotatable bonds is 5. The maximum absolute atomic E-state index is 12.4. The van der Waals surface area contributed by atoms with Crippen LogP contribution in [-0.2, 0) is 11.2 Å². The van der Waals surface area contributed by atoms with Crippen LogP contribution >= 0.6 is 0 Å². The fraction of sp³-hybridized carbons (Fsp3) is 0.333. The number of amides is 1. The van der Waals surface area contributed by atoms with Gasteiger partial charge in [0.25, 0.3) is 5.91 Å². The number of aryl methyl sites for hydroxylation is 1. The number of nitrogens with zero attached hydrogens (tertiary/aromatic N) is 1. The summed E-state index contributed by atoms with van der Waals surface area (Å²) in [4.78, 5) is 24.4. The van der Waals surface area contributed by atoms with E-state index in [1.165, 1.54) is 11.0 Å². The van der Waals surface area contributed by atoms with Gasteiger partial charge in [-0.2, -0.15) is 0 Å². The monoisotopic (exact) mass is 274 g/mol. The van der Waals surface area contributed by atoms with Gasteiger partial charge in [0.1, 0.15) is 6.54 Å². The van der Waals surface area contributed by atoms with Gasteiger partial charge in [-0.15, -0.1) is 6.58 Å². The molecule has 0 fully saturated rings. The van der Waals surface area contributed by atoms with Gasteiger partial charge in [0.2, 0.25) is 0 Å². The minimum atomic E-state index is -1.03. The van der Waals surface area contributed by atoms with Gasteiger partial charge in [-0.25, -0.2) is 0 Å². The Hall–Kier alpha value is -2.30. The lowest BCUT2D eigenvalue weighted by Crippen LogP contribution is -2.35. The molecule has 106 valence electrons. The number of fused-ring (bicyclic) bond motifs is 1. The second kappa shape index (κ2) is 6.23. The summed E-state index contributed by atoms with van der Waals surface area (Å²) in [5.41, 5.74) is 2.69. The van der Waals surface area contributed by atoms with Crippen LogP contribution in [0.15, 0.2) is 30.9 Å². The van der Waals surface area contributed by atoms with E-state index >= 15 is 0 Å². The Kier molecular flexibility index (Phi) is 4.40. The smallest absolute Gasteiger partial charge is 0.323 e. The van der Waals surface area contributed by atoms with E-state index in [4.69, 9.17) is 5.11 Å². The van der Waals surface area contributed by atoms with Crippen LogP contribution in [0.1, 0.15) is 22.3 Å². The summed E-state index contributed by atoms with van der Waals surface area (Å²) in [6.45, 7) is 4.41. The molecule has 0 atom stereocenters. The van der Waals surface area contributed by atoms with Crippen molar-refractivity contribution < 1.29 is 14.7 Å². The quantitative estimate of drug-likeness (QED) is 0.803. The van der Waals surface area contributed by atoms with Gasteiger partial charge in [-0.05, 0) is 36.6 Å². The fourth-order valence-corrected chi connectivity index (χ4v) is 2.33. The Balaban J connectivity index is 2.22. The van der Waals surface area contributed by atoms with Crippen molar-refractivity contribution in [2.45, 2.75) is 12.8 Å². The van der Waals surface area contributed by atoms with Crippen LogP contribution in [0.3, 0.4) is 0 Å². The lowest BCUT2D eigenvalue weighted by Gasteiger charge is -2.22. The van der Waals surface area contributed by atoms with Gasteiger partial charge in [-0.1, -0.05) is 6.08 Å². The zero-order valence-corrected chi connectivity index (χ0v) is 11.3. The summed E-state index contributed by atoms with van der Waals surface area (Å²) in [6.07, 6.45) is 3.50. The van der Waals surface area contributed by atoms with Crippen LogP contribution in [-0.4, -0.2) is 41.5 Å². The first-order valence-electron chi connectivity index (χ1n) is 6.60. The number of nitrogens with one attached hydrogen (secondary N) is 1. The third-order valence-corrected chi connectivity index (χ3v) is 3.25. The molecule has 0 saturated carbocycles. The molecule has 0 bridgehead atoms. The zero-order valence-electron chi connectivity index (χ0n) is 11.3. The van der Waals surface area contributed by atoms with E-state index in [9.17, 15) is 9.59 Å². The summed E-state index contributed by atoms with van der Waals surface area (Å²) in [6, 6.07) is 5.47. The second-order valence-corrected chi connectivity index (χ2v) is 4.77. The van der Waals surface area contributed by atoms with Crippen LogP contribution in [0.4, 0.5) is 5.69 Å². The first kappa shape index (κ1) is 14.1. The lowest BCUT2D eigenvalue weighted by atomic mass is 10.0. The van der Waals surface area contributed by atoms with Crippen molar-refractivity contribution in [3.63, 3.8) is 0 Å². The second-order valence-electron chi connectivity index (χ2n) is 4.77. The van der Waals surface area contributed by atoms with Gasteiger partial charge in [0.05, 0.1) is 0 Å². The molecule has 0 aromatic heterocycles. The van der Waals surface area contributed by atoms with Gasteiger partial charge >= 0.3 is 5.97 Å². The highest BCUT2D eigenvalue weighted by Gasteiger charge is 2.19. The van der Waals surface area contributed by atoms with Crippen LogP contribution in [0.25, 0.3) is 0 Å². The molecule has 1 aliphatic heterocycles. The molecule has 5 heteroatoms. The van der Waals surface area contributed by atoms with Gasteiger partial charge in [-0.3, -0.25) is 9.59 Å². The number of carboxylic acid groups (broad SMARTS) is 1. The zero-order chi connectivity index (χ0) is 14.5. The standard InChI is InChI=1S/C15H18N2O3/c1-2-8-17(10-14(18)19)15(20)12-5-6-13-11(9-12)4-3-7-16-13/h2,5-6,9,16H,1,3-4,7-8,10H2,(H,18,19). The fourth-order valence-electron chi connectivity index (χ4n) is 2.33. The van der Waals surface area contributed by atoms with Crippen LogP contribution < -0.4 is 5.32 Å². The third kappa shape index (κ3) is 3.17. The van der Waals surface area contributed by atoms with Gasteiger partial charge < -0.3 is 15.3 Å². The molecule has 1 heterocycles. The molecule has 20 heavy (non-hydrogen) atoms. The first-order valence-corrected chi connectivity index (χ1v) is 6.60. The molecule has 0 aliphatic carbocycles. The molecule has 5 nitrogen and oxygen atoms in total. The molecule has 1 aliphatic rings. The van der Waals surface area contributed by atoms with E-state index in [2.05, 4.69) is 11.9 Å². The number of aliphatic carboxylic acids is 1. The topological polar surface area (TPSA) is 69.6 Å². The lowest BCUT2D eigenvalue weighted by molar-refractivity contribution is -0.137. The minimum absolute atomic E-state index is 0.223. The van der Waals surface area contributed by atoms with E-state index in [-0.39, 0.29) is 19.0 Å². The average Bonchev–Trinajstić information content (AvgIpc) is 2.45. The van der Waals surface area contributed by atoms with Gasteiger partial charge in [0.15, 0.2) is 0 Å². The number of carbonyl (C=O) groups excluding carboxylic acids is 1. The predicted molar refractivity (Wildman–Crippen MR) is 77.0 cm³/mol. The highest BCUT2D eigenvalue weighted by molar-refractivity contribution is 5.96. The molecule has 0 radical (unpaired) electrons. The van der Waals surface area contributed by atoms with Gasteiger partial charge in [0, 0.05) is 24.3 Å². The molecule has 0 saturated heterocycles. The van der Waals surface area contributed by atoms with E-state index in [1.807, 2.05) is 12.1 Å². The van der Waals surface area contributed by atoms with Crippen LogP contribution in [0.2, 0.25) is 0 Å². The Morgan fingerprint density at radius 2 is 2.25 bits per heavy atom. The van der Waals surface area contributed by atoms with Crippen molar-refractivity contribution in [2.24, 2.45) is 0 Å². The Morgan fingerprint density at radius 3 is 2.95 bits per heavy atom. The molecular weight excluding hydrogens is 256 g/mol. The minimum Gasteiger partial charge on any atom is -0.480 e. The van der Waals surface area contributed by atoms with Crippen LogP contribution in [0, 0.1) is 0 Å². The molecule has 0 unspecified atom stereocenters. The van der Waals surface area contributed by atoms with Crippen LogP contribution in [0.5, 0.6) is 0 Å². The number of hydrogen-bond donors (Lipinski definition) is 2. The molecule has 0 spiro atoms. The van der Waals surface area contributed by atoms with Crippen molar-refractivity contribution in [2.75, 3.05) is 25.0 Å². The van der Waals surface area contributed by atoms with E-state index in [0.717, 1.165) is 30.6 Å². The van der Waals surface area contributed by atoms with E-state index < -0.39 is 5.97 Å². The van der Waals surface area contributed by atoms with Crippen molar-refractivity contribution in [3.05, 3.63) is 42.0 Å². The first-order chi connectivity index (χ1) is 9.61. The Labute approximate surface area is 117 Å². The summed E-state index contributed by atoms with van der Waals surface area (Å²) < 4.78 is 0. The predicted octanol–water partition coefficient (Wildman–Crippen LogP) is 1.76. The van der Waals surface area contributed by atoms with Crippen molar-refractivity contribution >= 4 is 17.6 Å². The third-order valence-electron chi connectivity index (χ3n) is 3.25. The highest BCUT2D eigenvalue weighted by Crippen LogP contribution is 2.23. The molecule has 1 amide bonds. The summed E-state index contributed by atoms with van der Waals surface area (Å²) in [5, 5.41) is 12.1. The van der Waals surface area contributed by atoms with E-state index in [0.29, 0.717) is 5.56 Å².